The van der Waals surface area contributed by atoms with Gasteiger partial charge in [-0.05, 0) is 37.8 Å². The Morgan fingerprint density at radius 3 is 2.60 bits per heavy atom. The molecule has 134 valence electrons. The van der Waals surface area contributed by atoms with E-state index in [9.17, 15) is 18.0 Å². The summed E-state index contributed by atoms with van der Waals surface area (Å²) in [6.07, 6.45) is 1.97. The zero-order chi connectivity index (χ0) is 18.0. The second kappa shape index (κ2) is 6.73. The van der Waals surface area contributed by atoms with Crippen LogP contribution in [0.5, 0.6) is 0 Å². The molecule has 1 aliphatic rings. The molecule has 0 saturated heterocycles. The number of aromatic nitrogens is 3. The van der Waals surface area contributed by atoms with Crippen molar-refractivity contribution in [3.8, 4) is 0 Å². The summed E-state index contributed by atoms with van der Waals surface area (Å²) < 4.78 is 39.4. The third-order valence-electron chi connectivity index (χ3n) is 4.41. The van der Waals surface area contributed by atoms with Crippen molar-refractivity contribution in [2.45, 2.75) is 43.9 Å². The summed E-state index contributed by atoms with van der Waals surface area (Å²) in [6.45, 7) is 0. The largest absolute Gasteiger partial charge is 0.419 e. The maximum absolute atomic E-state index is 12.7. The molecule has 1 amide bonds. The molecule has 25 heavy (non-hydrogen) atoms. The van der Waals surface area contributed by atoms with Crippen LogP contribution in [0, 0.1) is 0 Å². The molecule has 1 fully saturated rings. The third-order valence-corrected chi connectivity index (χ3v) is 4.41. The van der Waals surface area contributed by atoms with Gasteiger partial charge in [0, 0.05) is 18.4 Å². The van der Waals surface area contributed by atoms with Crippen molar-refractivity contribution in [1.29, 1.82) is 0 Å². The van der Waals surface area contributed by atoms with Gasteiger partial charge in [-0.1, -0.05) is 0 Å². The van der Waals surface area contributed by atoms with Gasteiger partial charge < -0.3 is 11.1 Å². The van der Waals surface area contributed by atoms with E-state index < -0.39 is 17.6 Å². The first-order valence-corrected chi connectivity index (χ1v) is 7.97. The molecule has 1 aliphatic carbocycles. The molecular weight excluding hydrogens is 335 g/mol. The summed E-state index contributed by atoms with van der Waals surface area (Å²) >= 11 is 0. The van der Waals surface area contributed by atoms with Crippen LogP contribution in [0.2, 0.25) is 0 Å². The first-order valence-electron chi connectivity index (χ1n) is 7.97. The van der Waals surface area contributed by atoms with E-state index in [-0.39, 0.29) is 12.1 Å². The number of hydrogen-bond donors (Lipinski definition) is 2. The second-order valence-electron chi connectivity index (χ2n) is 6.12. The highest BCUT2D eigenvalue weighted by molar-refractivity contribution is 5.97. The SMILES string of the molecule is NC(=O)c1cccnc1NC1CCC(n2cc(C(F)(F)F)cn2)CC1. The van der Waals surface area contributed by atoms with Crippen molar-refractivity contribution in [2.24, 2.45) is 5.73 Å². The van der Waals surface area contributed by atoms with Crippen LogP contribution >= 0.6 is 0 Å². The molecule has 6 nitrogen and oxygen atoms in total. The minimum atomic E-state index is -4.37. The molecule has 0 atom stereocenters. The zero-order valence-electron chi connectivity index (χ0n) is 13.3. The fourth-order valence-electron chi connectivity index (χ4n) is 3.08. The first-order chi connectivity index (χ1) is 11.8. The van der Waals surface area contributed by atoms with E-state index in [2.05, 4.69) is 15.4 Å². The summed E-state index contributed by atoms with van der Waals surface area (Å²) in [5.41, 5.74) is 4.93. The smallest absolute Gasteiger partial charge is 0.367 e. The summed E-state index contributed by atoms with van der Waals surface area (Å²) in [5.74, 6) is -0.114. The van der Waals surface area contributed by atoms with Gasteiger partial charge in [0.2, 0.25) is 0 Å². The van der Waals surface area contributed by atoms with Crippen molar-refractivity contribution in [2.75, 3.05) is 5.32 Å². The second-order valence-corrected chi connectivity index (χ2v) is 6.12. The van der Waals surface area contributed by atoms with E-state index in [0.717, 1.165) is 25.2 Å². The monoisotopic (exact) mass is 353 g/mol. The standard InChI is InChI=1S/C16H18F3N5O/c17-16(18,19)10-8-22-24(9-10)12-5-3-11(4-6-12)23-15-13(14(20)25)2-1-7-21-15/h1-2,7-9,11-12H,3-6H2,(H2,20,25)(H,21,23). The van der Waals surface area contributed by atoms with Gasteiger partial charge in [0.1, 0.15) is 5.82 Å². The van der Waals surface area contributed by atoms with Crippen molar-refractivity contribution in [3.05, 3.63) is 41.9 Å². The Hall–Kier alpha value is -2.58. The number of hydrogen-bond acceptors (Lipinski definition) is 4. The minimum Gasteiger partial charge on any atom is -0.367 e. The molecular formula is C16H18F3N5O. The molecule has 3 N–H and O–H groups in total. The molecule has 2 heterocycles. The van der Waals surface area contributed by atoms with Crippen LogP contribution in [0.1, 0.15) is 47.6 Å². The zero-order valence-corrected chi connectivity index (χ0v) is 13.3. The summed E-state index contributed by atoms with van der Waals surface area (Å²) in [7, 11) is 0. The molecule has 0 spiro atoms. The Labute approximate surface area is 142 Å². The number of nitrogens with zero attached hydrogens (tertiary/aromatic N) is 3. The number of alkyl halides is 3. The van der Waals surface area contributed by atoms with E-state index in [1.807, 2.05) is 0 Å². The quantitative estimate of drug-likeness (QED) is 0.885. The van der Waals surface area contributed by atoms with Crippen LogP contribution < -0.4 is 11.1 Å². The van der Waals surface area contributed by atoms with Crippen molar-refractivity contribution >= 4 is 11.7 Å². The Morgan fingerprint density at radius 2 is 2.00 bits per heavy atom. The highest BCUT2D eigenvalue weighted by Gasteiger charge is 2.33. The van der Waals surface area contributed by atoms with Gasteiger partial charge in [0.05, 0.1) is 23.4 Å². The molecule has 0 radical (unpaired) electrons. The van der Waals surface area contributed by atoms with E-state index in [4.69, 9.17) is 5.73 Å². The minimum absolute atomic E-state index is 0.0616. The molecule has 0 aliphatic heterocycles. The van der Waals surface area contributed by atoms with Gasteiger partial charge in [-0.3, -0.25) is 9.48 Å². The van der Waals surface area contributed by atoms with E-state index >= 15 is 0 Å². The predicted octanol–water partition coefficient (Wildman–Crippen LogP) is 2.99. The molecule has 3 rings (SSSR count). The lowest BCUT2D eigenvalue weighted by Crippen LogP contribution is -2.29. The fourth-order valence-corrected chi connectivity index (χ4v) is 3.08. The van der Waals surface area contributed by atoms with Crippen LogP contribution in [0.4, 0.5) is 19.0 Å². The number of nitrogens with two attached hydrogens (primary N) is 1. The molecule has 0 unspecified atom stereocenters. The number of carbonyl (C=O) groups excluding carboxylic acids is 1. The topological polar surface area (TPSA) is 85.8 Å². The van der Waals surface area contributed by atoms with Crippen LogP contribution in [0.15, 0.2) is 30.7 Å². The average molecular weight is 353 g/mol. The molecule has 0 bridgehead atoms. The predicted molar refractivity (Wildman–Crippen MR) is 84.9 cm³/mol. The third kappa shape index (κ3) is 3.92. The Kier molecular flexibility index (Phi) is 4.65. The van der Waals surface area contributed by atoms with Gasteiger partial charge in [-0.2, -0.15) is 18.3 Å². The molecule has 0 aromatic carbocycles. The van der Waals surface area contributed by atoms with Crippen LogP contribution in [-0.4, -0.2) is 26.7 Å². The Bertz CT molecular complexity index is 750. The van der Waals surface area contributed by atoms with Crippen molar-refractivity contribution in [3.63, 3.8) is 0 Å². The lowest BCUT2D eigenvalue weighted by molar-refractivity contribution is -0.137. The van der Waals surface area contributed by atoms with Gasteiger partial charge >= 0.3 is 6.18 Å². The van der Waals surface area contributed by atoms with Crippen molar-refractivity contribution in [1.82, 2.24) is 14.8 Å². The maximum Gasteiger partial charge on any atom is 0.419 e. The van der Waals surface area contributed by atoms with Crippen LogP contribution in [-0.2, 0) is 6.18 Å². The van der Waals surface area contributed by atoms with E-state index in [1.54, 1.807) is 18.3 Å². The van der Waals surface area contributed by atoms with Gasteiger partial charge in [-0.15, -0.1) is 0 Å². The highest BCUT2D eigenvalue weighted by Crippen LogP contribution is 2.33. The summed E-state index contributed by atoms with van der Waals surface area (Å²) in [5, 5.41) is 7.07. The first kappa shape index (κ1) is 17.2. The molecule has 2 aromatic rings. The number of nitrogens with one attached hydrogen (secondary N) is 1. The Morgan fingerprint density at radius 1 is 1.28 bits per heavy atom. The average Bonchev–Trinajstić information content (AvgIpc) is 3.06. The number of primary amides is 1. The van der Waals surface area contributed by atoms with E-state index in [1.165, 1.54) is 4.68 Å². The number of pyridine rings is 1. The number of rotatable bonds is 4. The Balaban J connectivity index is 1.61. The van der Waals surface area contributed by atoms with Crippen LogP contribution in [0.25, 0.3) is 0 Å². The van der Waals surface area contributed by atoms with Crippen LogP contribution in [0.3, 0.4) is 0 Å². The number of anilines is 1. The van der Waals surface area contributed by atoms with Crippen molar-refractivity contribution < 1.29 is 18.0 Å². The number of amides is 1. The van der Waals surface area contributed by atoms with Gasteiger partial charge in [0.15, 0.2) is 0 Å². The summed E-state index contributed by atoms with van der Waals surface area (Å²) in [6, 6.07) is 3.26. The molecule has 2 aromatic heterocycles. The number of carbonyl (C=O) groups is 1. The van der Waals surface area contributed by atoms with E-state index in [0.29, 0.717) is 24.2 Å². The maximum atomic E-state index is 12.7. The summed E-state index contributed by atoms with van der Waals surface area (Å²) in [4.78, 5) is 15.6. The molecule has 1 saturated carbocycles. The lowest BCUT2D eigenvalue weighted by atomic mass is 9.91. The van der Waals surface area contributed by atoms with Gasteiger partial charge in [-0.25, -0.2) is 4.98 Å². The highest BCUT2D eigenvalue weighted by atomic mass is 19.4. The number of halogens is 3. The fraction of sp³-hybridized carbons (Fsp3) is 0.438. The van der Waals surface area contributed by atoms with Gasteiger partial charge in [0.25, 0.3) is 5.91 Å². The molecule has 9 heteroatoms. The lowest BCUT2D eigenvalue weighted by Gasteiger charge is -2.30. The normalized spacial score (nSPS) is 21.1.